The second kappa shape index (κ2) is 5.84. The second-order valence-electron chi connectivity index (χ2n) is 4.12. The maximum Gasteiger partial charge on any atom is 0.159 e. The molecule has 0 aromatic heterocycles. The van der Waals surface area contributed by atoms with Crippen LogP contribution in [-0.4, -0.2) is 10.9 Å². The van der Waals surface area contributed by atoms with Crippen LogP contribution in [0.1, 0.15) is 51.9 Å². The summed E-state index contributed by atoms with van der Waals surface area (Å²) in [6, 6.07) is 0. The van der Waals surface area contributed by atoms with E-state index in [4.69, 9.17) is 0 Å². The predicted molar refractivity (Wildman–Crippen MR) is 57.2 cm³/mol. The van der Waals surface area contributed by atoms with Crippen LogP contribution in [0.2, 0.25) is 0 Å². The lowest BCUT2D eigenvalue weighted by atomic mass is 9.87. The molecule has 0 saturated heterocycles. The van der Waals surface area contributed by atoms with Crippen LogP contribution < -0.4 is 0 Å². The molecule has 80 valence electrons. The number of hydrogen-bond donors (Lipinski definition) is 1. The minimum absolute atomic E-state index is 0.0653. The number of carbonyl (C=O) groups excluding carboxylic acids is 1. The van der Waals surface area contributed by atoms with E-state index in [9.17, 15) is 9.90 Å². The first-order valence-electron chi connectivity index (χ1n) is 5.67. The van der Waals surface area contributed by atoms with Crippen molar-refractivity contribution in [2.75, 3.05) is 0 Å². The molecule has 1 fully saturated rings. The summed E-state index contributed by atoms with van der Waals surface area (Å²) in [4.78, 5) is 11.3. The zero-order valence-corrected chi connectivity index (χ0v) is 8.96. The summed E-state index contributed by atoms with van der Waals surface area (Å²) in [5.74, 6) is 0.642. The quantitative estimate of drug-likeness (QED) is 0.553. The number of ketones is 1. The molecule has 0 atom stereocenters. The lowest BCUT2D eigenvalue weighted by molar-refractivity contribution is -0.114. The van der Waals surface area contributed by atoms with Gasteiger partial charge in [0.15, 0.2) is 5.78 Å². The summed E-state index contributed by atoms with van der Waals surface area (Å²) >= 11 is 0. The summed E-state index contributed by atoms with van der Waals surface area (Å²) in [6.07, 6.45) is 8.58. The Morgan fingerprint density at radius 1 is 1.36 bits per heavy atom. The van der Waals surface area contributed by atoms with Crippen LogP contribution in [-0.2, 0) is 4.79 Å². The van der Waals surface area contributed by atoms with Crippen molar-refractivity contribution >= 4 is 5.78 Å². The highest BCUT2D eigenvalue weighted by atomic mass is 16.3. The molecule has 0 aromatic rings. The molecule has 1 rings (SSSR count). The molecule has 0 amide bonds. The van der Waals surface area contributed by atoms with E-state index in [1.54, 1.807) is 0 Å². The third kappa shape index (κ3) is 3.52. The zero-order valence-electron chi connectivity index (χ0n) is 8.96. The van der Waals surface area contributed by atoms with E-state index in [2.05, 4.69) is 0 Å². The van der Waals surface area contributed by atoms with Crippen molar-refractivity contribution in [2.45, 2.75) is 51.9 Å². The SMILES string of the molecule is CCCC(=O)C=C(O)C1CCCCC1. The summed E-state index contributed by atoms with van der Waals surface area (Å²) in [5, 5.41) is 9.71. The van der Waals surface area contributed by atoms with Gasteiger partial charge in [-0.05, 0) is 19.3 Å². The number of aliphatic hydroxyl groups is 1. The monoisotopic (exact) mass is 196 g/mol. The van der Waals surface area contributed by atoms with Gasteiger partial charge in [0.2, 0.25) is 0 Å². The molecule has 2 heteroatoms. The Hall–Kier alpha value is -0.790. The molecule has 0 heterocycles. The van der Waals surface area contributed by atoms with E-state index in [-0.39, 0.29) is 11.7 Å². The van der Waals surface area contributed by atoms with Crippen LogP contribution >= 0.6 is 0 Å². The zero-order chi connectivity index (χ0) is 10.4. The van der Waals surface area contributed by atoms with Crippen LogP contribution in [0.5, 0.6) is 0 Å². The van der Waals surface area contributed by atoms with Gasteiger partial charge in [0, 0.05) is 18.4 Å². The van der Waals surface area contributed by atoms with Gasteiger partial charge in [0.1, 0.15) is 0 Å². The van der Waals surface area contributed by atoms with Gasteiger partial charge in [-0.2, -0.15) is 0 Å². The molecule has 0 aromatic carbocycles. The molecular weight excluding hydrogens is 176 g/mol. The van der Waals surface area contributed by atoms with Crippen LogP contribution in [0, 0.1) is 5.92 Å². The Labute approximate surface area is 86.0 Å². The van der Waals surface area contributed by atoms with Crippen LogP contribution in [0.4, 0.5) is 0 Å². The smallest absolute Gasteiger partial charge is 0.159 e. The fraction of sp³-hybridized carbons (Fsp3) is 0.750. The molecule has 1 aliphatic carbocycles. The van der Waals surface area contributed by atoms with Crippen molar-refractivity contribution < 1.29 is 9.90 Å². The Morgan fingerprint density at radius 3 is 2.57 bits per heavy atom. The number of carbonyl (C=O) groups is 1. The molecule has 2 nitrogen and oxygen atoms in total. The third-order valence-corrected chi connectivity index (χ3v) is 2.83. The van der Waals surface area contributed by atoms with Crippen LogP contribution in [0.15, 0.2) is 11.8 Å². The van der Waals surface area contributed by atoms with Crippen molar-refractivity contribution in [3.8, 4) is 0 Å². The largest absolute Gasteiger partial charge is 0.512 e. The van der Waals surface area contributed by atoms with Gasteiger partial charge in [-0.25, -0.2) is 0 Å². The maximum atomic E-state index is 11.3. The minimum Gasteiger partial charge on any atom is -0.512 e. The topological polar surface area (TPSA) is 37.3 Å². The van der Waals surface area contributed by atoms with E-state index in [0.29, 0.717) is 12.2 Å². The number of aliphatic hydroxyl groups excluding tert-OH is 1. The van der Waals surface area contributed by atoms with E-state index in [1.165, 1.54) is 25.3 Å². The molecule has 1 N–H and O–H groups in total. The molecular formula is C12H20O2. The summed E-state index contributed by atoms with van der Waals surface area (Å²) < 4.78 is 0. The van der Waals surface area contributed by atoms with E-state index >= 15 is 0 Å². The minimum atomic E-state index is 0.0653. The first-order chi connectivity index (χ1) is 6.74. The molecule has 0 aliphatic heterocycles. The van der Waals surface area contributed by atoms with E-state index in [1.807, 2.05) is 6.92 Å². The van der Waals surface area contributed by atoms with Gasteiger partial charge in [-0.3, -0.25) is 4.79 Å². The number of hydrogen-bond acceptors (Lipinski definition) is 2. The average Bonchev–Trinajstić information content (AvgIpc) is 2.19. The summed E-state index contributed by atoms with van der Waals surface area (Å²) in [5.41, 5.74) is 0. The standard InChI is InChI=1S/C12H20O2/c1-2-6-11(13)9-12(14)10-7-4-3-5-8-10/h9-10,14H,2-8H2,1H3. The second-order valence-corrected chi connectivity index (χ2v) is 4.12. The lowest BCUT2D eigenvalue weighted by Crippen LogP contribution is -2.10. The Balaban J connectivity index is 2.44. The molecule has 14 heavy (non-hydrogen) atoms. The number of allylic oxidation sites excluding steroid dienone is 2. The predicted octanol–water partition coefficient (Wildman–Crippen LogP) is 3.38. The maximum absolute atomic E-state index is 11.3. The molecule has 0 bridgehead atoms. The van der Waals surface area contributed by atoms with E-state index < -0.39 is 0 Å². The van der Waals surface area contributed by atoms with Crippen molar-refractivity contribution in [1.29, 1.82) is 0 Å². The van der Waals surface area contributed by atoms with Gasteiger partial charge in [-0.15, -0.1) is 0 Å². The Kier molecular flexibility index (Phi) is 4.71. The summed E-state index contributed by atoms with van der Waals surface area (Å²) in [6.45, 7) is 1.98. The normalized spacial score (nSPS) is 19.6. The third-order valence-electron chi connectivity index (χ3n) is 2.83. The molecule has 0 spiro atoms. The summed E-state index contributed by atoms with van der Waals surface area (Å²) in [7, 11) is 0. The van der Waals surface area contributed by atoms with Crippen LogP contribution in [0.3, 0.4) is 0 Å². The van der Waals surface area contributed by atoms with Crippen molar-refractivity contribution in [1.82, 2.24) is 0 Å². The highest BCUT2D eigenvalue weighted by Gasteiger charge is 2.17. The van der Waals surface area contributed by atoms with Gasteiger partial charge in [0.25, 0.3) is 0 Å². The van der Waals surface area contributed by atoms with E-state index in [0.717, 1.165) is 19.3 Å². The highest BCUT2D eigenvalue weighted by molar-refractivity contribution is 5.89. The Bertz CT molecular complexity index is 212. The van der Waals surface area contributed by atoms with Gasteiger partial charge in [0.05, 0.1) is 5.76 Å². The molecule has 0 unspecified atom stereocenters. The van der Waals surface area contributed by atoms with Crippen LogP contribution in [0.25, 0.3) is 0 Å². The highest BCUT2D eigenvalue weighted by Crippen LogP contribution is 2.28. The fourth-order valence-electron chi connectivity index (χ4n) is 2.00. The van der Waals surface area contributed by atoms with Crippen molar-refractivity contribution in [3.63, 3.8) is 0 Å². The molecule has 1 saturated carbocycles. The van der Waals surface area contributed by atoms with Gasteiger partial charge in [-0.1, -0.05) is 26.2 Å². The average molecular weight is 196 g/mol. The fourth-order valence-corrected chi connectivity index (χ4v) is 2.00. The molecule has 1 aliphatic rings. The first-order valence-corrected chi connectivity index (χ1v) is 5.67. The Morgan fingerprint density at radius 2 is 2.00 bits per heavy atom. The lowest BCUT2D eigenvalue weighted by Gasteiger charge is -2.20. The van der Waals surface area contributed by atoms with Gasteiger partial charge >= 0.3 is 0 Å². The number of rotatable bonds is 4. The molecule has 0 radical (unpaired) electrons. The van der Waals surface area contributed by atoms with Gasteiger partial charge < -0.3 is 5.11 Å². The van der Waals surface area contributed by atoms with Crippen molar-refractivity contribution in [2.24, 2.45) is 5.92 Å². The first kappa shape index (κ1) is 11.3. The van der Waals surface area contributed by atoms with Crippen molar-refractivity contribution in [3.05, 3.63) is 11.8 Å².